The van der Waals surface area contributed by atoms with E-state index in [1.165, 1.54) is 28.5 Å². The van der Waals surface area contributed by atoms with Gasteiger partial charge < -0.3 is 39.9 Å². The van der Waals surface area contributed by atoms with Crippen LogP contribution >= 0.6 is 0 Å². The number of aliphatic hydroxyl groups is 2. The van der Waals surface area contributed by atoms with Crippen molar-refractivity contribution in [2.75, 3.05) is 0 Å². The minimum Gasteiger partial charge on any atom is -0.480 e. The predicted molar refractivity (Wildman–Crippen MR) is 208 cm³/mol. The largest absolute Gasteiger partial charge is 0.480 e. The molecule has 4 aliphatic heterocycles. The number of benzene rings is 1. The topological polar surface area (TPSA) is 207 Å². The third kappa shape index (κ3) is 8.43. The number of aliphatic carboxylic acids is 1. The maximum atomic E-state index is 13.5. The summed E-state index contributed by atoms with van der Waals surface area (Å²) in [4.78, 5) is 82.2. The van der Waals surface area contributed by atoms with Crippen LogP contribution in [0.25, 0.3) is 0 Å². The third-order valence-corrected chi connectivity index (χ3v) is 11.6. The number of nitrogens with one attached hydrogen (secondary N) is 1. The molecule has 4 saturated heterocycles. The fraction of sp³-hybridized carbons (Fsp3) is 0.707. The van der Waals surface area contributed by atoms with Crippen molar-refractivity contribution in [1.29, 1.82) is 0 Å². The predicted octanol–water partition coefficient (Wildman–Crippen LogP) is 3.65. The summed E-state index contributed by atoms with van der Waals surface area (Å²) in [6.45, 7) is 21.1. The van der Waals surface area contributed by atoms with Gasteiger partial charge in [0, 0.05) is 18.6 Å². The van der Waals surface area contributed by atoms with Crippen molar-refractivity contribution in [1.82, 2.24) is 24.9 Å². The summed E-state index contributed by atoms with van der Waals surface area (Å²) in [6, 6.07) is 5.77. The Morgan fingerprint density at radius 1 is 0.737 bits per heavy atom. The average molecular weight is 802 g/mol. The van der Waals surface area contributed by atoms with Gasteiger partial charge in [-0.15, -0.1) is 0 Å². The normalized spacial score (nSPS) is 29.2. The van der Waals surface area contributed by atoms with Crippen molar-refractivity contribution < 1.29 is 53.6 Å². The van der Waals surface area contributed by atoms with E-state index in [0.29, 0.717) is 32.2 Å². The summed E-state index contributed by atoms with van der Waals surface area (Å²) in [5, 5.41) is 32.4. The molecule has 4 aliphatic rings. The lowest BCUT2D eigenvalue weighted by atomic mass is 9.75. The highest BCUT2D eigenvalue weighted by atomic mass is 16.6. The van der Waals surface area contributed by atoms with E-state index in [1.807, 2.05) is 51.1 Å². The number of rotatable bonds is 8. The molecule has 0 saturated carbocycles. The molecular weight excluding hydrogens is 738 g/mol. The number of carbonyl (C=O) groups is 6. The Labute approximate surface area is 335 Å². The maximum Gasteiger partial charge on any atom is 0.411 e. The number of amides is 5. The molecule has 4 N–H and O–H groups in total. The molecule has 2 spiro atoms. The zero-order chi connectivity index (χ0) is 43.2. The highest BCUT2D eigenvalue weighted by Gasteiger charge is 2.70. The van der Waals surface area contributed by atoms with Crippen LogP contribution in [0.1, 0.15) is 114 Å². The zero-order valence-corrected chi connectivity index (χ0v) is 35.4. The molecule has 57 heavy (non-hydrogen) atoms. The second-order valence-electron chi connectivity index (χ2n) is 18.0. The van der Waals surface area contributed by atoms with E-state index in [-0.39, 0.29) is 18.0 Å². The maximum absolute atomic E-state index is 13.5. The minimum atomic E-state index is -1.33. The van der Waals surface area contributed by atoms with Gasteiger partial charge in [-0.2, -0.15) is 0 Å². The van der Waals surface area contributed by atoms with E-state index in [1.54, 1.807) is 53.4 Å². The Balaban J connectivity index is 0.000000261. The molecule has 10 atom stereocenters. The first-order chi connectivity index (χ1) is 26.2. The molecule has 16 nitrogen and oxygen atoms in total. The van der Waals surface area contributed by atoms with Crippen LogP contribution < -0.4 is 5.32 Å². The Bertz CT molecular complexity index is 1690. The number of ether oxygens (including phenoxy) is 2. The molecular formula is C41H63N5O11. The van der Waals surface area contributed by atoms with Gasteiger partial charge in [0.2, 0.25) is 5.91 Å². The Morgan fingerprint density at radius 3 is 1.46 bits per heavy atom. The number of aliphatic hydroxyl groups excluding tert-OH is 2. The summed E-state index contributed by atoms with van der Waals surface area (Å²) in [5.41, 5.74) is -2.60. The highest BCUT2D eigenvalue weighted by Crippen LogP contribution is 2.50. The van der Waals surface area contributed by atoms with Gasteiger partial charge in [0.15, 0.2) is 6.04 Å². The number of carboxylic acids is 1. The van der Waals surface area contributed by atoms with Gasteiger partial charge in [0.05, 0.1) is 24.3 Å². The standard InChI is InChI=1S/C24H35N3O5.C17H28N2O6/c1-15-12-13-24(27(15)22(31)32-23(4,5)6)17(3)26(21(24)30)19(16(2)28)20(29)25-14-18-10-8-7-9-11-18;1-9-7-8-17(19(9)15(24)25-16(4,5)6)11(3)18(14(17)23)12(10(2)20)13(21)22/h7-11,15-17,19,28H,12-14H2,1-6H3,(H,25,29);9-12,20H,7-8H2,1-6H3,(H,21,22)/t15?,16-,17?,19+,24?;9?,10-,11?,12+,17?/m11/s1. The van der Waals surface area contributed by atoms with E-state index in [2.05, 4.69) is 5.32 Å². The van der Waals surface area contributed by atoms with Crippen molar-refractivity contribution in [3.8, 4) is 0 Å². The van der Waals surface area contributed by atoms with Gasteiger partial charge in [0.25, 0.3) is 11.8 Å². The molecule has 16 heteroatoms. The number of nitrogens with zero attached hydrogens (tertiary/aromatic N) is 4. The van der Waals surface area contributed by atoms with Crippen molar-refractivity contribution in [3.63, 3.8) is 0 Å². The quantitative estimate of drug-likeness (QED) is 0.279. The first-order valence-electron chi connectivity index (χ1n) is 19.8. The second-order valence-corrected chi connectivity index (χ2v) is 18.0. The van der Waals surface area contributed by atoms with Gasteiger partial charge in [-0.3, -0.25) is 24.2 Å². The molecule has 0 bridgehead atoms. The van der Waals surface area contributed by atoms with Crippen LogP contribution in [-0.2, 0) is 35.2 Å². The Kier molecular flexibility index (Phi) is 13.0. The Hall–Kier alpha value is -4.44. The molecule has 5 amide bonds. The fourth-order valence-corrected chi connectivity index (χ4v) is 8.94. The third-order valence-electron chi connectivity index (χ3n) is 11.6. The number of hydrogen-bond acceptors (Lipinski definition) is 10. The molecule has 0 radical (unpaired) electrons. The Morgan fingerprint density at radius 2 is 1.12 bits per heavy atom. The van der Waals surface area contributed by atoms with Crippen LogP contribution in [0.15, 0.2) is 30.3 Å². The van der Waals surface area contributed by atoms with Crippen LogP contribution in [0.4, 0.5) is 9.59 Å². The monoisotopic (exact) mass is 801 g/mol. The summed E-state index contributed by atoms with van der Waals surface area (Å²) in [7, 11) is 0. The average Bonchev–Trinajstić information content (AvgIpc) is 3.66. The van der Waals surface area contributed by atoms with Gasteiger partial charge >= 0.3 is 18.2 Å². The van der Waals surface area contributed by atoms with Crippen molar-refractivity contribution in [2.24, 2.45) is 0 Å². The van der Waals surface area contributed by atoms with Crippen LogP contribution in [-0.4, -0.2) is 142 Å². The number of hydrogen-bond donors (Lipinski definition) is 4. The van der Waals surface area contributed by atoms with E-state index in [0.717, 1.165) is 5.56 Å². The lowest BCUT2D eigenvalue weighted by molar-refractivity contribution is -0.188. The fourth-order valence-electron chi connectivity index (χ4n) is 8.94. The lowest BCUT2D eigenvalue weighted by Crippen LogP contribution is -2.82. The first-order valence-corrected chi connectivity index (χ1v) is 19.8. The van der Waals surface area contributed by atoms with Crippen molar-refractivity contribution >= 4 is 35.9 Å². The van der Waals surface area contributed by atoms with Gasteiger partial charge in [-0.1, -0.05) is 30.3 Å². The summed E-state index contributed by atoms with van der Waals surface area (Å²) in [6.07, 6.45) is -1.11. The van der Waals surface area contributed by atoms with E-state index >= 15 is 0 Å². The molecule has 0 aliphatic carbocycles. The minimum absolute atomic E-state index is 0.157. The SMILES string of the molecule is CC1CCC2(C(=O)N([C@H](C(=O)NCc3ccccc3)[C@@H](C)O)C2C)N1C(=O)OC(C)(C)C.CC1CCC2(C(=O)N([C@H](C(=O)O)[C@@H](C)O)C2C)N1C(=O)OC(C)(C)C. The summed E-state index contributed by atoms with van der Waals surface area (Å²) in [5.74, 6) is -2.45. The number of carbonyl (C=O) groups excluding carboxylic acids is 5. The van der Waals surface area contributed by atoms with Crippen LogP contribution in [0.2, 0.25) is 0 Å². The summed E-state index contributed by atoms with van der Waals surface area (Å²) < 4.78 is 11.0. The number of carboxylic acid groups (broad SMARTS) is 1. The molecule has 318 valence electrons. The molecule has 4 heterocycles. The van der Waals surface area contributed by atoms with Crippen molar-refractivity contribution in [3.05, 3.63) is 35.9 Å². The molecule has 4 fully saturated rings. The van der Waals surface area contributed by atoms with Crippen LogP contribution in [0.3, 0.4) is 0 Å². The van der Waals surface area contributed by atoms with Gasteiger partial charge in [-0.25, -0.2) is 14.4 Å². The zero-order valence-electron chi connectivity index (χ0n) is 35.4. The smallest absolute Gasteiger partial charge is 0.411 e. The van der Waals surface area contributed by atoms with Crippen molar-refractivity contribution in [2.45, 2.75) is 186 Å². The van der Waals surface area contributed by atoms with E-state index in [9.17, 15) is 44.1 Å². The number of likely N-dealkylation sites (tertiary alicyclic amines) is 4. The molecule has 6 unspecified atom stereocenters. The first kappa shape index (κ1) is 45.3. The lowest BCUT2D eigenvalue weighted by Gasteiger charge is -2.59. The van der Waals surface area contributed by atoms with E-state index in [4.69, 9.17) is 9.47 Å². The van der Waals surface area contributed by atoms with Gasteiger partial charge in [0.1, 0.15) is 28.3 Å². The second kappa shape index (κ2) is 16.4. The molecule has 1 aromatic carbocycles. The summed E-state index contributed by atoms with van der Waals surface area (Å²) >= 11 is 0. The molecule has 1 aromatic rings. The highest BCUT2D eigenvalue weighted by molar-refractivity contribution is 6.01. The number of β-lactam (4-membered cyclic amide) rings is 2. The van der Waals surface area contributed by atoms with E-state index < -0.39 is 88.6 Å². The molecule has 5 rings (SSSR count). The molecule has 0 aromatic heterocycles. The van der Waals surface area contributed by atoms with Crippen LogP contribution in [0.5, 0.6) is 0 Å². The van der Waals surface area contributed by atoms with Gasteiger partial charge in [-0.05, 0) is 114 Å². The van der Waals surface area contributed by atoms with Crippen LogP contribution in [0, 0.1) is 0 Å².